The van der Waals surface area contributed by atoms with Crippen LogP contribution in [0.3, 0.4) is 0 Å². The van der Waals surface area contributed by atoms with Crippen LogP contribution in [0.15, 0.2) is 84.9 Å². The van der Waals surface area contributed by atoms with Crippen LogP contribution in [-0.2, 0) is 35.4 Å². The van der Waals surface area contributed by atoms with E-state index in [-0.39, 0.29) is 11.8 Å². The van der Waals surface area contributed by atoms with Gasteiger partial charge in [-0.05, 0) is 35.1 Å². The molecule has 166 valence electrons. The molecule has 0 aliphatic heterocycles. The molecule has 2 amide bonds. The molecular formula is C28H32N2O2. The van der Waals surface area contributed by atoms with Gasteiger partial charge in [-0.1, -0.05) is 91.9 Å². The number of amides is 2. The molecule has 0 aliphatic rings. The molecule has 0 fully saturated rings. The highest BCUT2D eigenvalue weighted by atomic mass is 16.2. The van der Waals surface area contributed by atoms with E-state index in [1.807, 2.05) is 60.7 Å². The van der Waals surface area contributed by atoms with Gasteiger partial charge in [-0.15, -0.1) is 0 Å². The predicted molar refractivity (Wildman–Crippen MR) is 129 cm³/mol. The number of aryl methyl sites for hydroxylation is 2. The maximum Gasteiger partial charge on any atom is 0.242 e. The number of likely N-dealkylation sites (N-methyl/N-ethyl adjacent to an activating group) is 1. The molecule has 0 aliphatic carbocycles. The van der Waals surface area contributed by atoms with Gasteiger partial charge < -0.3 is 10.2 Å². The number of nitrogens with one attached hydrogen (secondary N) is 1. The first kappa shape index (κ1) is 23.3. The highest BCUT2D eigenvalue weighted by Gasteiger charge is 2.29. The summed E-state index contributed by atoms with van der Waals surface area (Å²) >= 11 is 0. The van der Waals surface area contributed by atoms with Gasteiger partial charge in [-0.25, -0.2) is 0 Å². The number of carbonyl (C=O) groups is 2. The zero-order valence-corrected chi connectivity index (χ0v) is 19.0. The summed E-state index contributed by atoms with van der Waals surface area (Å²) in [5, 5.41) is 2.76. The lowest BCUT2D eigenvalue weighted by Gasteiger charge is -2.31. The van der Waals surface area contributed by atoms with Gasteiger partial charge in [0.1, 0.15) is 6.04 Å². The molecule has 0 unspecified atom stereocenters. The quantitative estimate of drug-likeness (QED) is 0.514. The smallest absolute Gasteiger partial charge is 0.242 e. The van der Waals surface area contributed by atoms with Crippen LogP contribution in [0.1, 0.15) is 35.6 Å². The van der Waals surface area contributed by atoms with Gasteiger partial charge in [0.2, 0.25) is 11.8 Å². The van der Waals surface area contributed by atoms with Gasteiger partial charge in [0.25, 0.3) is 0 Å². The second kappa shape index (κ2) is 11.8. The third-order valence-corrected chi connectivity index (χ3v) is 5.77. The van der Waals surface area contributed by atoms with Crippen molar-refractivity contribution in [3.05, 3.63) is 107 Å². The Morgan fingerprint density at radius 2 is 1.34 bits per heavy atom. The number of nitrogens with zero attached hydrogens (tertiary/aromatic N) is 1. The molecule has 0 radical (unpaired) electrons. The lowest BCUT2D eigenvalue weighted by Crippen LogP contribution is -2.49. The zero-order valence-electron chi connectivity index (χ0n) is 19.0. The van der Waals surface area contributed by atoms with E-state index in [2.05, 4.69) is 36.5 Å². The van der Waals surface area contributed by atoms with Crippen molar-refractivity contribution in [1.29, 1.82) is 0 Å². The van der Waals surface area contributed by atoms with Crippen molar-refractivity contribution in [2.75, 3.05) is 7.05 Å². The molecule has 3 rings (SSSR count). The van der Waals surface area contributed by atoms with Crippen molar-refractivity contribution in [3.63, 3.8) is 0 Å². The second-order valence-electron chi connectivity index (χ2n) is 8.00. The summed E-state index contributed by atoms with van der Waals surface area (Å²) < 4.78 is 0. The second-order valence-corrected chi connectivity index (χ2v) is 8.00. The van der Waals surface area contributed by atoms with Crippen molar-refractivity contribution in [2.45, 2.75) is 45.2 Å². The lowest BCUT2D eigenvalue weighted by molar-refractivity contribution is -0.141. The summed E-state index contributed by atoms with van der Waals surface area (Å²) in [5.41, 5.74) is 4.46. The van der Waals surface area contributed by atoms with E-state index in [9.17, 15) is 9.59 Å². The molecule has 0 spiro atoms. The van der Waals surface area contributed by atoms with Gasteiger partial charge >= 0.3 is 0 Å². The topological polar surface area (TPSA) is 49.4 Å². The molecule has 4 nitrogen and oxygen atoms in total. The summed E-state index contributed by atoms with van der Waals surface area (Å²) in [6, 6.07) is 27.6. The van der Waals surface area contributed by atoms with Crippen LogP contribution in [0.2, 0.25) is 0 Å². The van der Waals surface area contributed by atoms with Crippen molar-refractivity contribution >= 4 is 11.8 Å². The summed E-state index contributed by atoms with van der Waals surface area (Å²) in [5.74, 6) is -0.164. The molecule has 0 aromatic heterocycles. The Hall–Kier alpha value is -3.40. The number of benzene rings is 3. The molecule has 32 heavy (non-hydrogen) atoms. The lowest BCUT2D eigenvalue weighted by atomic mass is 10.0. The van der Waals surface area contributed by atoms with Crippen LogP contribution in [0.25, 0.3) is 0 Å². The van der Waals surface area contributed by atoms with Gasteiger partial charge in [-0.2, -0.15) is 0 Å². The molecule has 0 saturated heterocycles. The first-order valence-corrected chi connectivity index (χ1v) is 11.3. The van der Waals surface area contributed by atoms with Crippen LogP contribution in [0.4, 0.5) is 0 Å². The highest BCUT2D eigenvalue weighted by molar-refractivity contribution is 5.88. The minimum absolute atomic E-state index is 0.0158. The van der Waals surface area contributed by atoms with Crippen LogP contribution in [0.5, 0.6) is 0 Å². The SMILES string of the molecule is CCc1ccc(CCC(=O)N(Cc2ccccc2)[C@H](Cc2ccccc2)C(=O)NC)cc1. The Morgan fingerprint density at radius 3 is 1.91 bits per heavy atom. The molecule has 3 aromatic rings. The Balaban J connectivity index is 1.82. The van der Waals surface area contributed by atoms with Crippen molar-refractivity contribution < 1.29 is 9.59 Å². The van der Waals surface area contributed by atoms with Gasteiger partial charge in [0.05, 0.1) is 0 Å². The van der Waals surface area contributed by atoms with Crippen molar-refractivity contribution in [1.82, 2.24) is 10.2 Å². The molecule has 0 bridgehead atoms. The van der Waals surface area contributed by atoms with Crippen LogP contribution < -0.4 is 5.32 Å². The molecule has 0 heterocycles. The highest BCUT2D eigenvalue weighted by Crippen LogP contribution is 2.17. The molecule has 1 N–H and O–H groups in total. The fraction of sp³-hybridized carbons (Fsp3) is 0.286. The summed E-state index contributed by atoms with van der Waals surface area (Å²) in [6.45, 7) is 2.53. The first-order valence-electron chi connectivity index (χ1n) is 11.3. The minimum Gasteiger partial charge on any atom is -0.357 e. The van der Waals surface area contributed by atoms with Crippen LogP contribution >= 0.6 is 0 Å². The Kier molecular flexibility index (Phi) is 8.61. The average Bonchev–Trinajstić information content (AvgIpc) is 2.85. The number of hydrogen-bond donors (Lipinski definition) is 1. The third kappa shape index (κ3) is 6.55. The molecule has 0 saturated carbocycles. The maximum atomic E-state index is 13.4. The summed E-state index contributed by atoms with van der Waals surface area (Å²) in [4.78, 5) is 28.1. The molecule has 4 heteroatoms. The first-order chi connectivity index (χ1) is 15.6. The Bertz CT molecular complexity index is 985. The van der Waals surface area contributed by atoms with Gasteiger partial charge in [-0.3, -0.25) is 9.59 Å². The van der Waals surface area contributed by atoms with Crippen LogP contribution in [0, 0.1) is 0 Å². The monoisotopic (exact) mass is 428 g/mol. The Morgan fingerprint density at radius 1 is 0.781 bits per heavy atom. The average molecular weight is 429 g/mol. The van der Waals surface area contributed by atoms with Crippen LogP contribution in [-0.4, -0.2) is 29.8 Å². The number of hydrogen-bond acceptors (Lipinski definition) is 2. The van der Waals surface area contributed by atoms with E-state index >= 15 is 0 Å². The van der Waals surface area contributed by atoms with E-state index in [0.717, 1.165) is 23.1 Å². The Labute approximate surface area is 191 Å². The normalized spacial score (nSPS) is 11.6. The standard InChI is InChI=1S/C28H32N2O2/c1-3-22-14-16-23(17-15-22)18-19-27(31)30(21-25-12-8-5-9-13-25)26(28(32)29-2)20-24-10-6-4-7-11-24/h4-17,26H,3,18-21H2,1-2H3,(H,29,32)/t26-/m1/s1. The third-order valence-electron chi connectivity index (χ3n) is 5.77. The van der Waals surface area contributed by atoms with Gasteiger partial charge in [0, 0.05) is 26.4 Å². The van der Waals surface area contributed by atoms with Crippen molar-refractivity contribution in [2.24, 2.45) is 0 Å². The van der Waals surface area contributed by atoms with Crippen molar-refractivity contribution in [3.8, 4) is 0 Å². The van der Waals surface area contributed by atoms with E-state index in [0.29, 0.717) is 25.8 Å². The van der Waals surface area contributed by atoms with E-state index < -0.39 is 6.04 Å². The molecule has 1 atom stereocenters. The predicted octanol–water partition coefficient (Wildman–Crippen LogP) is 4.57. The summed E-state index contributed by atoms with van der Waals surface area (Å²) in [6.07, 6.45) is 2.49. The fourth-order valence-electron chi connectivity index (χ4n) is 3.84. The zero-order chi connectivity index (χ0) is 22.8. The van der Waals surface area contributed by atoms with E-state index in [4.69, 9.17) is 0 Å². The number of rotatable bonds is 10. The van der Waals surface area contributed by atoms with E-state index in [1.54, 1.807) is 11.9 Å². The number of carbonyl (C=O) groups excluding carboxylic acids is 2. The molecular weight excluding hydrogens is 396 g/mol. The molecule has 3 aromatic carbocycles. The fourth-order valence-corrected chi connectivity index (χ4v) is 3.84. The van der Waals surface area contributed by atoms with E-state index in [1.165, 1.54) is 5.56 Å². The maximum absolute atomic E-state index is 13.4. The largest absolute Gasteiger partial charge is 0.357 e. The summed E-state index contributed by atoms with van der Waals surface area (Å²) in [7, 11) is 1.63. The minimum atomic E-state index is -0.572. The van der Waals surface area contributed by atoms with Gasteiger partial charge in [0.15, 0.2) is 0 Å².